The number of aromatic nitrogens is 1. The summed E-state index contributed by atoms with van der Waals surface area (Å²) in [5, 5.41) is 3.48. The Kier molecular flexibility index (Phi) is 10.8. The topological polar surface area (TPSA) is 62.2 Å². The highest BCUT2D eigenvalue weighted by molar-refractivity contribution is 14.0. The molecule has 1 N–H and O–H groups in total. The Bertz CT molecular complexity index is 699. The number of guanidine groups is 1. The zero-order valence-electron chi connectivity index (χ0n) is 19.5. The minimum Gasteiger partial charge on any atom is -0.376 e. The SMILES string of the molecule is CCNC(=NCc1ccnc(N2CCCC2)c1)N1CCC(OCC2CCCCO2)CC1.I. The third-order valence-electron chi connectivity index (χ3n) is 6.52. The number of nitrogens with zero attached hydrogens (tertiary/aromatic N) is 4. The molecule has 0 spiro atoms. The van der Waals surface area contributed by atoms with Gasteiger partial charge in [-0.25, -0.2) is 9.98 Å². The number of halogens is 1. The van der Waals surface area contributed by atoms with Crippen LogP contribution in [0.1, 0.15) is 57.4 Å². The molecule has 1 atom stereocenters. The molecule has 180 valence electrons. The van der Waals surface area contributed by atoms with Crippen LogP contribution in [0.15, 0.2) is 23.3 Å². The van der Waals surface area contributed by atoms with Crippen molar-refractivity contribution in [3.05, 3.63) is 23.9 Å². The highest BCUT2D eigenvalue weighted by Crippen LogP contribution is 2.20. The number of likely N-dealkylation sites (tertiary alicyclic amines) is 1. The number of anilines is 1. The van der Waals surface area contributed by atoms with E-state index in [0.717, 1.165) is 77.0 Å². The molecular formula is C24H40IN5O2. The quantitative estimate of drug-likeness (QED) is 0.313. The first-order chi connectivity index (χ1) is 15.3. The van der Waals surface area contributed by atoms with Crippen LogP contribution in [0.2, 0.25) is 0 Å². The molecule has 1 unspecified atom stereocenters. The first kappa shape index (κ1) is 25.5. The molecule has 32 heavy (non-hydrogen) atoms. The lowest BCUT2D eigenvalue weighted by atomic mass is 10.1. The molecule has 8 heteroatoms. The van der Waals surface area contributed by atoms with Crippen molar-refractivity contribution in [2.75, 3.05) is 50.8 Å². The van der Waals surface area contributed by atoms with Gasteiger partial charge in [0.15, 0.2) is 5.96 Å². The van der Waals surface area contributed by atoms with Gasteiger partial charge in [-0.05, 0) is 69.6 Å². The van der Waals surface area contributed by atoms with E-state index in [0.29, 0.717) is 18.8 Å². The van der Waals surface area contributed by atoms with Gasteiger partial charge in [-0.2, -0.15) is 0 Å². The van der Waals surface area contributed by atoms with Gasteiger partial charge in [0.05, 0.1) is 25.4 Å². The van der Waals surface area contributed by atoms with Gasteiger partial charge in [-0.15, -0.1) is 24.0 Å². The molecule has 0 amide bonds. The van der Waals surface area contributed by atoms with Crippen LogP contribution < -0.4 is 10.2 Å². The van der Waals surface area contributed by atoms with Crippen molar-refractivity contribution in [3.63, 3.8) is 0 Å². The van der Waals surface area contributed by atoms with Crippen LogP contribution in [0.4, 0.5) is 5.82 Å². The summed E-state index contributed by atoms with van der Waals surface area (Å²) >= 11 is 0. The van der Waals surface area contributed by atoms with E-state index in [-0.39, 0.29) is 24.0 Å². The standard InChI is InChI=1S/C24H39N5O2.HI/c1-2-25-24(27-18-20-8-11-26-23(17-20)28-12-4-5-13-28)29-14-9-21(10-15-29)31-19-22-7-3-6-16-30-22;/h8,11,17,21-22H,2-7,9-10,12-16,18-19H2,1H3,(H,25,27);1H. The lowest BCUT2D eigenvalue weighted by Crippen LogP contribution is -2.47. The van der Waals surface area contributed by atoms with Crippen LogP contribution in [0.5, 0.6) is 0 Å². The molecule has 0 aromatic carbocycles. The minimum absolute atomic E-state index is 0. The molecule has 1 aromatic heterocycles. The Morgan fingerprint density at radius 3 is 2.69 bits per heavy atom. The van der Waals surface area contributed by atoms with E-state index < -0.39 is 0 Å². The van der Waals surface area contributed by atoms with E-state index in [1.165, 1.54) is 31.2 Å². The zero-order chi connectivity index (χ0) is 21.3. The Labute approximate surface area is 210 Å². The molecule has 4 rings (SSSR count). The van der Waals surface area contributed by atoms with E-state index in [4.69, 9.17) is 14.5 Å². The van der Waals surface area contributed by atoms with Gasteiger partial charge in [0.25, 0.3) is 0 Å². The van der Waals surface area contributed by atoms with Crippen LogP contribution in [0, 0.1) is 0 Å². The van der Waals surface area contributed by atoms with Gasteiger partial charge in [0.2, 0.25) is 0 Å². The maximum atomic E-state index is 6.18. The molecule has 0 aliphatic carbocycles. The number of rotatable bonds is 7. The second-order valence-corrected chi connectivity index (χ2v) is 8.89. The molecule has 0 saturated carbocycles. The number of pyridine rings is 1. The van der Waals surface area contributed by atoms with Crippen LogP contribution in [0.25, 0.3) is 0 Å². The predicted molar refractivity (Wildman–Crippen MR) is 140 cm³/mol. The van der Waals surface area contributed by atoms with Crippen molar-refractivity contribution in [1.29, 1.82) is 0 Å². The van der Waals surface area contributed by atoms with Crippen molar-refractivity contribution in [3.8, 4) is 0 Å². The zero-order valence-corrected chi connectivity index (χ0v) is 21.8. The Balaban J connectivity index is 0.00000289. The summed E-state index contributed by atoms with van der Waals surface area (Å²) in [5.41, 5.74) is 1.22. The molecule has 3 aliphatic heterocycles. The van der Waals surface area contributed by atoms with Gasteiger partial charge in [-0.3, -0.25) is 0 Å². The minimum atomic E-state index is 0. The number of ether oxygens (including phenoxy) is 2. The van der Waals surface area contributed by atoms with Gasteiger partial charge in [0, 0.05) is 45.5 Å². The molecule has 3 fully saturated rings. The maximum absolute atomic E-state index is 6.18. The second kappa shape index (κ2) is 13.5. The first-order valence-electron chi connectivity index (χ1n) is 12.3. The maximum Gasteiger partial charge on any atom is 0.194 e. The number of piperidine rings is 1. The fraction of sp³-hybridized carbons (Fsp3) is 0.750. The number of hydrogen-bond donors (Lipinski definition) is 1. The molecular weight excluding hydrogens is 517 g/mol. The summed E-state index contributed by atoms with van der Waals surface area (Å²) in [6.45, 7) is 9.54. The molecule has 7 nitrogen and oxygen atoms in total. The number of nitrogens with one attached hydrogen (secondary N) is 1. The van der Waals surface area contributed by atoms with Crippen LogP contribution >= 0.6 is 24.0 Å². The highest BCUT2D eigenvalue weighted by atomic mass is 127. The monoisotopic (exact) mass is 557 g/mol. The van der Waals surface area contributed by atoms with Crippen LogP contribution in [0.3, 0.4) is 0 Å². The third-order valence-corrected chi connectivity index (χ3v) is 6.52. The van der Waals surface area contributed by atoms with Crippen molar-refractivity contribution in [1.82, 2.24) is 15.2 Å². The molecule has 3 saturated heterocycles. The van der Waals surface area contributed by atoms with E-state index >= 15 is 0 Å². The first-order valence-corrected chi connectivity index (χ1v) is 12.3. The average Bonchev–Trinajstić information content (AvgIpc) is 3.37. The predicted octanol–water partition coefficient (Wildman–Crippen LogP) is 3.82. The van der Waals surface area contributed by atoms with E-state index in [1.54, 1.807) is 0 Å². The van der Waals surface area contributed by atoms with E-state index in [1.807, 2.05) is 6.20 Å². The van der Waals surface area contributed by atoms with Crippen molar-refractivity contribution in [2.24, 2.45) is 4.99 Å². The lowest BCUT2D eigenvalue weighted by Gasteiger charge is -2.35. The fourth-order valence-electron chi connectivity index (χ4n) is 4.69. The van der Waals surface area contributed by atoms with Gasteiger partial charge in [-0.1, -0.05) is 0 Å². The summed E-state index contributed by atoms with van der Waals surface area (Å²) < 4.78 is 12.0. The highest BCUT2D eigenvalue weighted by Gasteiger charge is 2.24. The van der Waals surface area contributed by atoms with Crippen molar-refractivity contribution < 1.29 is 9.47 Å². The van der Waals surface area contributed by atoms with Crippen LogP contribution in [-0.4, -0.2) is 74.0 Å². The van der Waals surface area contributed by atoms with E-state index in [2.05, 4.69) is 39.2 Å². The van der Waals surface area contributed by atoms with E-state index in [9.17, 15) is 0 Å². The molecule has 1 aromatic rings. The Morgan fingerprint density at radius 1 is 1.16 bits per heavy atom. The number of aliphatic imine (C=N–C) groups is 1. The molecule has 4 heterocycles. The van der Waals surface area contributed by atoms with Gasteiger partial charge in [0.1, 0.15) is 5.82 Å². The normalized spacial score (nSPS) is 22.7. The summed E-state index contributed by atoms with van der Waals surface area (Å²) in [5.74, 6) is 2.10. The van der Waals surface area contributed by atoms with Gasteiger partial charge >= 0.3 is 0 Å². The Morgan fingerprint density at radius 2 is 1.97 bits per heavy atom. The summed E-state index contributed by atoms with van der Waals surface area (Å²) in [6, 6.07) is 4.28. The van der Waals surface area contributed by atoms with Crippen molar-refractivity contribution >= 4 is 35.8 Å². The molecule has 0 radical (unpaired) electrons. The van der Waals surface area contributed by atoms with Crippen LogP contribution in [-0.2, 0) is 16.0 Å². The summed E-state index contributed by atoms with van der Waals surface area (Å²) in [4.78, 5) is 14.3. The fourth-order valence-corrected chi connectivity index (χ4v) is 4.69. The van der Waals surface area contributed by atoms with Crippen molar-refractivity contribution in [2.45, 2.75) is 70.6 Å². The van der Waals surface area contributed by atoms with Gasteiger partial charge < -0.3 is 24.6 Å². The Hall–Kier alpha value is -1.13. The average molecular weight is 558 g/mol. The molecule has 3 aliphatic rings. The lowest BCUT2D eigenvalue weighted by molar-refractivity contribution is -0.0721. The largest absolute Gasteiger partial charge is 0.376 e. The number of hydrogen-bond acceptors (Lipinski definition) is 5. The molecule has 0 bridgehead atoms. The summed E-state index contributed by atoms with van der Waals surface area (Å²) in [7, 11) is 0. The second-order valence-electron chi connectivity index (χ2n) is 8.89. The third kappa shape index (κ3) is 7.45. The smallest absolute Gasteiger partial charge is 0.194 e. The summed E-state index contributed by atoms with van der Waals surface area (Å²) in [6.07, 6.45) is 10.8.